The van der Waals surface area contributed by atoms with Gasteiger partial charge in [0.25, 0.3) is 5.91 Å². The number of nitrogens with one attached hydrogen (secondary N) is 2. The summed E-state index contributed by atoms with van der Waals surface area (Å²) >= 11 is 5.93. The SMILES string of the molecule is Cc1ccc(Cl)cc1NC(=O)/C(C#N)=C\NCCc1ccc(S(N)(=O)=O)cc1. The van der Waals surface area contributed by atoms with Crippen molar-refractivity contribution in [3.05, 3.63) is 70.4 Å². The van der Waals surface area contributed by atoms with Gasteiger partial charge in [0, 0.05) is 23.5 Å². The first-order chi connectivity index (χ1) is 13.2. The second-order valence-electron chi connectivity index (χ2n) is 5.98. The molecule has 7 nitrogen and oxygen atoms in total. The third-order valence-corrected chi connectivity index (χ3v) is 5.03. The van der Waals surface area contributed by atoms with Gasteiger partial charge in [0.1, 0.15) is 11.6 Å². The van der Waals surface area contributed by atoms with E-state index in [1.54, 1.807) is 30.3 Å². The lowest BCUT2D eigenvalue weighted by molar-refractivity contribution is -0.112. The monoisotopic (exact) mass is 418 g/mol. The summed E-state index contributed by atoms with van der Waals surface area (Å²) < 4.78 is 22.5. The fourth-order valence-corrected chi connectivity index (χ4v) is 2.99. The largest absolute Gasteiger partial charge is 0.389 e. The molecule has 0 spiro atoms. The van der Waals surface area contributed by atoms with E-state index in [1.165, 1.54) is 18.3 Å². The lowest BCUT2D eigenvalue weighted by Gasteiger charge is -2.08. The Hall–Kier alpha value is -2.86. The molecule has 2 rings (SSSR count). The Morgan fingerprint density at radius 1 is 1.25 bits per heavy atom. The molecular weight excluding hydrogens is 400 g/mol. The molecule has 4 N–H and O–H groups in total. The second kappa shape index (κ2) is 9.37. The van der Waals surface area contributed by atoms with Crippen LogP contribution in [0, 0.1) is 18.3 Å². The number of hydrogen-bond acceptors (Lipinski definition) is 5. The van der Waals surface area contributed by atoms with E-state index >= 15 is 0 Å². The zero-order valence-electron chi connectivity index (χ0n) is 15.1. The van der Waals surface area contributed by atoms with E-state index in [0.29, 0.717) is 23.7 Å². The minimum Gasteiger partial charge on any atom is -0.389 e. The van der Waals surface area contributed by atoms with Crippen LogP contribution in [0.1, 0.15) is 11.1 Å². The number of primary sulfonamides is 1. The number of aryl methyl sites for hydroxylation is 1. The number of amides is 1. The Morgan fingerprint density at radius 3 is 2.54 bits per heavy atom. The molecule has 2 aromatic rings. The molecule has 0 unspecified atom stereocenters. The second-order valence-corrected chi connectivity index (χ2v) is 7.97. The van der Waals surface area contributed by atoms with Gasteiger partial charge in [0.05, 0.1) is 4.90 Å². The quantitative estimate of drug-likeness (QED) is 0.362. The molecule has 0 fully saturated rings. The zero-order chi connectivity index (χ0) is 20.7. The van der Waals surface area contributed by atoms with E-state index in [2.05, 4.69) is 10.6 Å². The van der Waals surface area contributed by atoms with Gasteiger partial charge in [0.2, 0.25) is 10.0 Å². The van der Waals surface area contributed by atoms with Crippen LogP contribution in [0.25, 0.3) is 0 Å². The van der Waals surface area contributed by atoms with Crippen LogP contribution in [0.2, 0.25) is 5.02 Å². The van der Waals surface area contributed by atoms with Gasteiger partial charge in [-0.15, -0.1) is 0 Å². The number of halogens is 1. The molecule has 9 heteroatoms. The third kappa shape index (κ3) is 6.09. The first-order valence-electron chi connectivity index (χ1n) is 8.23. The van der Waals surface area contributed by atoms with Gasteiger partial charge in [0.15, 0.2) is 0 Å². The number of nitriles is 1. The molecule has 0 aliphatic rings. The van der Waals surface area contributed by atoms with E-state index in [0.717, 1.165) is 11.1 Å². The van der Waals surface area contributed by atoms with Gasteiger partial charge < -0.3 is 10.6 Å². The predicted octanol–water partition coefficient (Wildman–Crippen LogP) is 2.47. The van der Waals surface area contributed by atoms with E-state index in [-0.39, 0.29) is 10.5 Å². The van der Waals surface area contributed by atoms with E-state index in [9.17, 15) is 18.5 Å². The molecule has 0 atom stereocenters. The smallest absolute Gasteiger partial charge is 0.267 e. The molecule has 146 valence electrons. The molecule has 1 amide bonds. The molecule has 28 heavy (non-hydrogen) atoms. The van der Waals surface area contributed by atoms with Crippen molar-refractivity contribution < 1.29 is 13.2 Å². The summed E-state index contributed by atoms with van der Waals surface area (Å²) in [4.78, 5) is 12.3. The van der Waals surface area contributed by atoms with Crippen molar-refractivity contribution in [3.8, 4) is 6.07 Å². The molecule has 0 radical (unpaired) electrons. The van der Waals surface area contributed by atoms with Crippen LogP contribution < -0.4 is 15.8 Å². The highest BCUT2D eigenvalue weighted by molar-refractivity contribution is 7.89. The summed E-state index contributed by atoms with van der Waals surface area (Å²) in [5, 5.41) is 20.3. The molecule has 0 bridgehead atoms. The van der Waals surface area contributed by atoms with Crippen LogP contribution in [0.15, 0.2) is 59.1 Å². The van der Waals surface area contributed by atoms with Crippen molar-refractivity contribution >= 4 is 33.2 Å². The summed E-state index contributed by atoms with van der Waals surface area (Å²) in [7, 11) is -3.71. The molecule has 0 heterocycles. The van der Waals surface area contributed by atoms with Gasteiger partial charge in [-0.1, -0.05) is 29.8 Å². The van der Waals surface area contributed by atoms with Crippen molar-refractivity contribution in [1.82, 2.24) is 5.32 Å². The van der Waals surface area contributed by atoms with E-state index in [1.807, 2.05) is 13.0 Å². The summed E-state index contributed by atoms with van der Waals surface area (Å²) in [6, 6.07) is 13.1. The maximum atomic E-state index is 12.2. The van der Waals surface area contributed by atoms with Crippen molar-refractivity contribution in [2.75, 3.05) is 11.9 Å². The summed E-state index contributed by atoms with van der Waals surface area (Å²) in [6.45, 7) is 2.27. The summed E-state index contributed by atoms with van der Waals surface area (Å²) in [6.07, 6.45) is 1.91. The van der Waals surface area contributed by atoms with Gasteiger partial charge in [-0.3, -0.25) is 4.79 Å². The molecule has 0 saturated carbocycles. The number of nitrogens with two attached hydrogens (primary N) is 1. The van der Waals surface area contributed by atoms with Crippen LogP contribution in [-0.4, -0.2) is 20.9 Å². The molecule has 0 saturated heterocycles. The van der Waals surface area contributed by atoms with E-state index in [4.69, 9.17) is 16.7 Å². The van der Waals surface area contributed by atoms with Crippen LogP contribution in [0.5, 0.6) is 0 Å². The van der Waals surface area contributed by atoms with Gasteiger partial charge >= 0.3 is 0 Å². The molecule has 2 aromatic carbocycles. The van der Waals surface area contributed by atoms with Gasteiger partial charge in [-0.2, -0.15) is 5.26 Å². The highest BCUT2D eigenvalue weighted by Crippen LogP contribution is 2.20. The van der Waals surface area contributed by atoms with E-state index < -0.39 is 15.9 Å². The fraction of sp³-hybridized carbons (Fsp3) is 0.158. The molecular formula is C19H19ClN4O3S. The fourth-order valence-electron chi connectivity index (χ4n) is 2.30. The lowest BCUT2D eigenvalue weighted by atomic mass is 10.1. The Balaban J connectivity index is 1.93. The normalized spacial score (nSPS) is 11.6. The number of rotatable bonds is 7. The minimum atomic E-state index is -3.71. The molecule has 0 aromatic heterocycles. The lowest BCUT2D eigenvalue weighted by Crippen LogP contribution is -2.18. The Kier molecular flexibility index (Phi) is 7.18. The van der Waals surface area contributed by atoms with Crippen molar-refractivity contribution in [2.45, 2.75) is 18.2 Å². The maximum Gasteiger partial charge on any atom is 0.267 e. The molecule has 0 aliphatic heterocycles. The van der Waals surface area contributed by atoms with Crippen molar-refractivity contribution in [3.63, 3.8) is 0 Å². The van der Waals surface area contributed by atoms with Crippen LogP contribution in [0.3, 0.4) is 0 Å². The Bertz CT molecular complexity index is 1040. The van der Waals surface area contributed by atoms with Gasteiger partial charge in [-0.05, 0) is 48.7 Å². The van der Waals surface area contributed by atoms with Crippen LogP contribution >= 0.6 is 11.6 Å². The number of anilines is 1. The summed E-state index contributed by atoms with van der Waals surface area (Å²) in [5.41, 5.74) is 2.16. The summed E-state index contributed by atoms with van der Waals surface area (Å²) in [5.74, 6) is -0.544. The number of carbonyl (C=O) groups is 1. The standard InChI is InChI=1S/C19H19ClN4O3S/c1-13-2-5-16(20)10-18(13)24-19(25)15(11-21)12-23-9-8-14-3-6-17(7-4-14)28(22,26)27/h2-7,10,12,23H,8-9H2,1H3,(H,24,25)(H2,22,26,27)/b15-12-. The maximum absolute atomic E-state index is 12.2. The van der Waals surface area contributed by atoms with Crippen LogP contribution in [0.4, 0.5) is 5.69 Å². The van der Waals surface area contributed by atoms with Gasteiger partial charge in [-0.25, -0.2) is 13.6 Å². The average molecular weight is 419 g/mol. The third-order valence-electron chi connectivity index (χ3n) is 3.87. The molecule has 0 aliphatic carbocycles. The number of hydrogen-bond donors (Lipinski definition) is 3. The number of nitrogens with zero attached hydrogens (tertiary/aromatic N) is 1. The highest BCUT2D eigenvalue weighted by atomic mass is 35.5. The first-order valence-corrected chi connectivity index (χ1v) is 10.2. The zero-order valence-corrected chi connectivity index (χ0v) is 16.6. The number of benzene rings is 2. The predicted molar refractivity (Wildman–Crippen MR) is 108 cm³/mol. The average Bonchev–Trinajstić information content (AvgIpc) is 2.64. The Morgan fingerprint density at radius 2 is 1.93 bits per heavy atom. The minimum absolute atomic E-state index is 0.0452. The Labute approximate surface area is 168 Å². The highest BCUT2D eigenvalue weighted by Gasteiger charge is 2.11. The van der Waals surface area contributed by atoms with Crippen molar-refractivity contribution in [2.24, 2.45) is 5.14 Å². The first kappa shape index (κ1) is 21.4. The van der Waals surface area contributed by atoms with Crippen LogP contribution in [-0.2, 0) is 21.2 Å². The number of sulfonamides is 1. The topological polar surface area (TPSA) is 125 Å². The number of carbonyl (C=O) groups excluding carboxylic acids is 1. The van der Waals surface area contributed by atoms with Crippen molar-refractivity contribution in [1.29, 1.82) is 5.26 Å².